The van der Waals surface area contributed by atoms with Gasteiger partial charge in [0.2, 0.25) is 0 Å². The molecule has 0 saturated heterocycles. The van der Waals surface area contributed by atoms with Gasteiger partial charge in [0.05, 0.1) is 0 Å². The van der Waals surface area contributed by atoms with Gasteiger partial charge in [0.25, 0.3) is 0 Å². The first kappa shape index (κ1) is 9.49. The van der Waals surface area contributed by atoms with Crippen molar-refractivity contribution >= 4 is 17.4 Å². The lowest BCUT2D eigenvalue weighted by Crippen LogP contribution is -1.94. The van der Waals surface area contributed by atoms with E-state index in [2.05, 4.69) is 31.2 Å². The third-order valence-electron chi connectivity index (χ3n) is 1.65. The Balaban J connectivity index is 2.51. The van der Waals surface area contributed by atoms with Crippen LogP contribution in [-0.2, 0) is 6.42 Å². The van der Waals surface area contributed by atoms with Gasteiger partial charge in [-0.25, -0.2) is 0 Å². The second-order valence-electron chi connectivity index (χ2n) is 2.64. The molecule has 0 radical (unpaired) electrons. The van der Waals surface area contributed by atoms with Gasteiger partial charge in [-0.15, -0.1) is 11.3 Å². The van der Waals surface area contributed by atoms with E-state index in [9.17, 15) is 0 Å². The second kappa shape index (κ2) is 5.12. The lowest BCUT2D eigenvalue weighted by Gasteiger charge is -1.85. The van der Waals surface area contributed by atoms with Crippen LogP contribution >= 0.6 is 11.3 Å². The molecule has 0 aromatic carbocycles. The standard InChI is InChI=1S/C10H15NS/c1-2-9-6-7-10(12-9)5-3-4-8-11/h3,5-7H,2,4,8,11H2,1H3. The van der Waals surface area contributed by atoms with Gasteiger partial charge in [-0.1, -0.05) is 13.0 Å². The summed E-state index contributed by atoms with van der Waals surface area (Å²) in [6.45, 7) is 2.92. The molecule has 0 saturated carbocycles. The quantitative estimate of drug-likeness (QED) is 0.759. The van der Waals surface area contributed by atoms with Crippen molar-refractivity contribution in [3.63, 3.8) is 0 Å². The molecule has 66 valence electrons. The Kier molecular flexibility index (Phi) is 4.05. The molecule has 1 nitrogen and oxygen atoms in total. The first-order valence-corrected chi connectivity index (χ1v) is 5.13. The van der Waals surface area contributed by atoms with Gasteiger partial charge in [-0.2, -0.15) is 0 Å². The van der Waals surface area contributed by atoms with Crippen LogP contribution in [0.2, 0.25) is 0 Å². The lowest BCUT2D eigenvalue weighted by molar-refractivity contribution is 1.01. The molecule has 2 heteroatoms. The SMILES string of the molecule is CCc1ccc(C=CCCN)s1. The van der Waals surface area contributed by atoms with E-state index < -0.39 is 0 Å². The van der Waals surface area contributed by atoms with E-state index in [1.807, 2.05) is 11.3 Å². The van der Waals surface area contributed by atoms with E-state index >= 15 is 0 Å². The van der Waals surface area contributed by atoms with Gasteiger partial charge in [-0.3, -0.25) is 0 Å². The summed E-state index contributed by atoms with van der Waals surface area (Å²) >= 11 is 1.86. The van der Waals surface area contributed by atoms with Crippen molar-refractivity contribution in [2.24, 2.45) is 5.73 Å². The molecule has 2 N–H and O–H groups in total. The highest BCUT2D eigenvalue weighted by atomic mass is 32.1. The predicted octanol–water partition coefficient (Wildman–Crippen LogP) is 2.67. The average molecular weight is 181 g/mol. The zero-order valence-electron chi connectivity index (χ0n) is 7.42. The summed E-state index contributed by atoms with van der Waals surface area (Å²) in [4.78, 5) is 2.78. The van der Waals surface area contributed by atoms with E-state index in [1.54, 1.807) is 0 Å². The van der Waals surface area contributed by atoms with Gasteiger partial charge in [-0.05, 0) is 37.6 Å². The van der Waals surface area contributed by atoms with Gasteiger partial charge in [0.1, 0.15) is 0 Å². The molecule has 0 amide bonds. The summed E-state index contributed by atoms with van der Waals surface area (Å²) < 4.78 is 0. The van der Waals surface area contributed by atoms with E-state index in [4.69, 9.17) is 5.73 Å². The summed E-state index contributed by atoms with van der Waals surface area (Å²) in [6.07, 6.45) is 6.39. The third kappa shape index (κ3) is 2.80. The first-order chi connectivity index (χ1) is 5.86. The van der Waals surface area contributed by atoms with Crippen LogP contribution in [0.1, 0.15) is 23.1 Å². The van der Waals surface area contributed by atoms with E-state index in [-0.39, 0.29) is 0 Å². The molecule has 0 aliphatic heterocycles. The average Bonchev–Trinajstić information content (AvgIpc) is 2.53. The van der Waals surface area contributed by atoms with Crippen LogP contribution < -0.4 is 5.73 Å². The molecule has 0 atom stereocenters. The highest BCUT2D eigenvalue weighted by Gasteiger charge is 1.92. The molecule has 1 rings (SSSR count). The van der Waals surface area contributed by atoms with Crippen LogP contribution in [0.15, 0.2) is 18.2 Å². The highest BCUT2D eigenvalue weighted by molar-refractivity contribution is 7.12. The summed E-state index contributed by atoms with van der Waals surface area (Å²) in [7, 11) is 0. The Bertz CT molecular complexity index is 250. The maximum absolute atomic E-state index is 5.38. The minimum Gasteiger partial charge on any atom is -0.330 e. The fourth-order valence-corrected chi connectivity index (χ4v) is 1.85. The van der Waals surface area contributed by atoms with Crippen molar-refractivity contribution in [3.8, 4) is 0 Å². The third-order valence-corrected chi connectivity index (χ3v) is 2.84. The minimum atomic E-state index is 0.739. The maximum atomic E-state index is 5.38. The predicted molar refractivity (Wildman–Crippen MR) is 56.4 cm³/mol. The van der Waals surface area contributed by atoms with Crippen LogP contribution in [-0.4, -0.2) is 6.54 Å². The van der Waals surface area contributed by atoms with Crippen LogP contribution in [0.4, 0.5) is 0 Å². The van der Waals surface area contributed by atoms with Gasteiger partial charge >= 0.3 is 0 Å². The Morgan fingerprint density at radius 3 is 2.92 bits per heavy atom. The molecule has 0 unspecified atom stereocenters. The summed E-state index contributed by atoms with van der Waals surface area (Å²) in [5.41, 5.74) is 5.38. The molecule has 1 heterocycles. The fourth-order valence-electron chi connectivity index (χ4n) is 0.970. The van der Waals surface area contributed by atoms with Crippen LogP contribution in [0.3, 0.4) is 0 Å². The Hall–Kier alpha value is -0.600. The summed E-state index contributed by atoms with van der Waals surface area (Å²) in [5.74, 6) is 0. The lowest BCUT2D eigenvalue weighted by atomic mass is 10.3. The normalized spacial score (nSPS) is 11.2. The number of nitrogens with two attached hydrogens (primary N) is 1. The molecule has 0 aliphatic rings. The zero-order valence-corrected chi connectivity index (χ0v) is 8.23. The van der Waals surface area contributed by atoms with E-state index in [1.165, 1.54) is 9.75 Å². The van der Waals surface area contributed by atoms with Gasteiger partial charge < -0.3 is 5.73 Å². The van der Waals surface area contributed by atoms with Crippen LogP contribution in [0.25, 0.3) is 6.08 Å². The van der Waals surface area contributed by atoms with Crippen molar-refractivity contribution in [2.45, 2.75) is 19.8 Å². The minimum absolute atomic E-state index is 0.739. The maximum Gasteiger partial charge on any atom is 0.0270 e. The topological polar surface area (TPSA) is 26.0 Å². The van der Waals surface area contributed by atoms with Crippen molar-refractivity contribution in [1.29, 1.82) is 0 Å². The van der Waals surface area contributed by atoms with Crippen molar-refractivity contribution in [2.75, 3.05) is 6.54 Å². The number of hydrogen-bond donors (Lipinski definition) is 1. The number of hydrogen-bond acceptors (Lipinski definition) is 2. The zero-order chi connectivity index (χ0) is 8.81. The van der Waals surface area contributed by atoms with Crippen LogP contribution in [0.5, 0.6) is 0 Å². The molecule has 0 bridgehead atoms. The molecule has 0 fully saturated rings. The smallest absolute Gasteiger partial charge is 0.0270 e. The Morgan fingerprint density at radius 1 is 1.50 bits per heavy atom. The summed E-state index contributed by atoms with van der Waals surface area (Å²) in [6, 6.07) is 4.35. The number of thiophene rings is 1. The first-order valence-electron chi connectivity index (χ1n) is 4.32. The molecular weight excluding hydrogens is 166 g/mol. The largest absolute Gasteiger partial charge is 0.330 e. The second-order valence-corrected chi connectivity index (χ2v) is 3.84. The van der Waals surface area contributed by atoms with Crippen molar-refractivity contribution in [1.82, 2.24) is 0 Å². The van der Waals surface area contributed by atoms with Gasteiger partial charge in [0, 0.05) is 9.75 Å². The molecule has 0 aliphatic carbocycles. The monoisotopic (exact) mass is 181 g/mol. The van der Waals surface area contributed by atoms with E-state index in [0.717, 1.165) is 19.4 Å². The number of rotatable bonds is 4. The molecule has 1 aromatic rings. The molecule has 12 heavy (non-hydrogen) atoms. The van der Waals surface area contributed by atoms with Crippen molar-refractivity contribution < 1.29 is 0 Å². The van der Waals surface area contributed by atoms with E-state index in [0.29, 0.717) is 0 Å². The summed E-state index contributed by atoms with van der Waals surface area (Å²) in [5, 5.41) is 0. The van der Waals surface area contributed by atoms with Gasteiger partial charge in [0.15, 0.2) is 0 Å². The molecule has 1 aromatic heterocycles. The molecular formula is C10H15NS. The Morgan fingerprint density at radius 2 is 2.33 bits per heavy atom. The molecule has 0 spiro atoms. The number of aryl methyl sites for hydroxylation is 1. The van der Waals surface area contributed by atoms with Crippen LogP contribution in [0, 0.1) is 0 Å². The fraction of sp³-hybridized carbons (Fsp3) is 0.400. The Labute approximate surface area is 77.9 Å². The van der Waals surface area contributed by atoms with Crippen molar-refractivity contribution in [3.05, 3.63) is 28.0 Å². The highest BCUT2D eigenvalue weighted by Crippen LogP contribution is 2.18.